The van der Waals surface area contributed by atoms with E-state index in [-0.39, 0.29) is 5.82 Å². The van der Waals surface area contributed by atoms with Gasteiger partial charge in [0.15, 0.2) is 5.65 Å². The SMILES string of the molecule is CNc1cn2nccc(C3=CN(C)NC3(C)c3ccc(F)cc3)c2n1. The topological polar surface area (TPSA) is 57.5 Å². The highest BCUT2D eigenvalue weighted by molar-refractivity contribution is 5.83. The van der Waals surface area contributed by atoms with Crippen molar-refractivity contribution in [1.29, 1.82) is 0 Å². The number of fused-ring (bicyclic) bond motifs is 1. The van der Waals surface area contributed by atoms with Crippen LogP contribution in [0.4, 0.5) is 10.2 Å². The van der Waals surface area contributed by atoms with E-state index in [4.69, 9.17) is 0 Å². The maximum atomic E-state index is 13.4. The Morgan fingerprint density at radius 1 is 1.20 bits per heavy atom. The minimum Gasteiger partial charge on any atom is -0.372 e. The number of anilines is 1. The van der Waals surface area contributed by atoms with Gasteiger partial charge in [-0.25, -0.2) is 19.3 Å². The van der Waals surface area contributed by atoms with Crippen molar-refractivity contribution in [2.24, 2.45) is 0 Å². The van der Waals surface area contributed by atoms with E-state index in [1.54, 1.807) is 22.8 Å². The number of imidazole rings is 1. The molecule has 3 heterocycles. The summed E-state index contributed by atoms with van der Waals surface area (Å²) in [6.07, 6.45) is 5.64. The maximum absolute atomic E-state index is 13.4. The van der Waals surface area contributed by atoms with Gasteiger partial charge in [-0.1, -0.05) is 12.1 Å². The predicted octanol–water partition coefficient (Wildman–Crippen LogP) is 2.62. The van der Waals surface area contributed by atoms with Crippen LogP contribution >= 0.6 is 0 Å². The number of hydrogen-bond acceptors (Lipinski definition) is 5. The van der Waals surface area contributed by atoms with E-state index in [2.05, 4.69) is 27.7 Å². The van der Waals surface area contributed by atoms with Gasteiger partial charge in [-0.3, -0.25) is 0 Å². The lowest BCUT2D eigenvalue weighted by atomic mass is 9.83. The van der Waals surface area contributed by atoms with Crippen LogP contribution in [0.25, 0.3) is 11.2 Å². The molecular formula is C18H19FN6. The molecule has 1 atom stereocenters. The number of hydrogen-bond donors (Lipinski definition) is 2. The summed E-state index contributed by atoms with van der Waals surface area (Å²) >= 11 is 0. The Morgan fingerprint density at radius 3 is 2.68 bits per heavy atom. The van der Waals surface area contributed by atoms with Gasteiger partial charge < -0.3 is 10.3 Å². The Kier molecular flexibility index (Phi) is 3.47. The van der Waals surface area contributed by atoms with E-state index >= 15 is 0 Å². The number of hydrazine groups is 1. The van der Waals surface area contributed by atoms with Crippen LogP contribution in [-0.2, 0) is 5.54 Å². The fraction of sp³-hybridized carbons (Fsp3) is 0.222. The van der Waals surface area contributed by atoms with E-state index in [0.29, 0.717) is 0 Å². The predicted molar refractivity (Wildman–Crippen MR) is 95.2 cm³/mol. The van der Waals surface area contributed by atoms with Crippen LogP contribution in [-0.4, -0.2) is 33.7 Å². The minimum atomic E-state index is -0.504. The molecule has 0 saturated carbocycles. The van der Waals surface area contributed by atoms with Crippen molar-refractivity contribution in [2.45, 2.75) is 12.5 Å². The molecule has 0 bridgehead atoms. The third kappa shape index (κ3) is 2.44. The van der Waals surface area contributed by atoms with Crippen molar-refractivity contribution in [1.82, 2.24) is 25.0 Å². The molecule has 0 fully saturated rings. The molecular weight excluding hydrogens is 319 g/mol. The first-order valence-electron chi connectivity index (χ1n) is 8.03. The van der Waals surface area contributed by atoms with Crippen molar-refractivity contribution in [2.75, 3.05) is 19.4 Å². The molecule has 6 nitrogen and oxygen atoms in total. The van der Waals surface area contributed by atoms with Gasteiger partial charge in [0.2, 0.25) is 0 Å². The molecule has 0 saturated heterocycles. The maximum Gasteiger partial charge on any atom is 0.163 e. The molecule has 0 radical (unpaired) electrons. The molecule has 1 aliphatic heterocycles. The van der Waals surface area contributed by atoms with Gasteiger partial charge in [0, 0.05) is 37.6 Å². The number of nitrogens with one attached hydrogen (secondary N) is 2. The average Bonchev–Trinajstić information content (AvgIpc) is 3.16. The van der Waals surface area contributed by atoms with Gasteiger partial charge in [0.25, 0.3) is 0 Å². The molecule has 1 aromatic carbocycles. The van der Waals surface area contributed by atoms with Crippen molar-refractivity contribution < 1.29 is 4.39 Å². The van der Waals surface area contributed by atoms with Crippen LogP contribution in [0.15, 0.2) is 48.9 Å². The van der Waals surface area contributed by atoms with Crippen LogP contribution in [0.3, 0.4) is 0 Å². The Balaban J connectivity index is 1.89. The lowest BCUT2D eigenvalue weighted by Gasteiger charge is -2.30. The Morgan fingerprint density at radius 2 is 1.96 bits per heavy atom. The molecule has 0 spiro atoms. The van der Waals surface area contributed by atoms with E-state index in [1.807, 2.05) is 37.6 Å². The third-order valence-electron chi connectivity index (χ3n) is 4.59. The van der Waals surface area contributed by atoms with Crippen LogP contribution in [0.1, 0.15) is 18.1 Å². The van der Waals surface area contributed by atoms with Gasteiger partial charge >= 0.3 is 0 Å². The first kappa shape index (κ1) is 15.6. The molecule has 3 aromatic rings. The number of nitrogens with zero attached hydrogens (tertiary/aromatic N) is 4. The first-order chi connectivity index (χ1) is 12.0. The highest BCUT2D eigenvalue weighted by Gasteiger charge is 2.38. The van der Waals surface area contributed by atoms with E-state index in [1.165, 1.54) is 12.1 Å². The standard InChI is InChI=1S/C18H19FN6/c1-18(12-4-6-13(19)7-5-12)15(10-24(3)23-18)14-8-9-21-25-11-16(20-2)22-17(14)25/h4-11,20,23H,1-3H3. The van der Waals surface area contributed by atoms with Crippen molar-refractivity contribution in [3.05, 3.63) is 65.9 Å². The summed E-state index contributed by atoms with van der Waals surface area (Å²) in [4.78, 5) is 4.62. The fourth-order valence-corrected chi connectivity index (χ4v) is 3.34. The molecule has 0 aliphatic carbocycles. The first-order valence-corrected chi connectivity index (χ1v) is 8.03. The summed E-state index contributed by atoms with van der Waals surface area (Å²) in [6.45, 7) is 2.08. The largest absolute Gasteiger partial charge is 0.372 e. The highest BCUT2D eigenvalue weighted by atomic mass is 19.1. The normalized spacial score (nSPS) is 20.2. The second-order valence-corrected chi connectivity index (χ2v) is 6.29. The van der Waals surface area contributed by atoms with Crippen molar-refractivity contribution >= 4 is 17.0 Å². The van der Waals surface area contributed by atoms with Crippen molar-refractivity contribution in [3.8, 4) is 0 Å². The zero-order valence-electron chi connectivity index (χ0n) is 14.3. The van der Waals surface area contributed by atoms with Gasteiger partial charge in [0.05, 0.1) is 11.7 Å². The zero-order valence-corrected chi connectivity index (χ0v) is 14.3. The van der Waals surface area contributed by atoms with Crippen LogP contribution < -0.4 is 10.7 Å². The Bertz CT molecular complexity index is 961. The fourth-order valence-electron chi connectivity index (χ4n) is 3.34. The molecule has 4 rings (SSSR count). The summed E-state index contributed by atoms with van der Waals surface area (Å²) in [5, 5.41) is 9.29. The number of rotatable bonds is 3. The molecule has 1 unspecified atom stereocenters. The quantitative estimate of drug-likeness (QED) is 0.769. The average molecular weight is 338 g/mol. The minimum absolute atomic E-state index is 0.248. The molecule has 25 heavy (non-hydrogen) atoms. The Labute approximate surface area is 145 Å². The van der Waals surface area contributed by atoms with Gasteiger partial charge in [-0.2, -0.15) is 5.10 Å². The van der Waals surface area contributed by atoms with Gasteiger partial charge in [-0.05, 0) is 30.7 Å². The van der Waals surface area contributed by atoms with Gasteiger partial charge in [-0.15, -0.1) is 0 Å². The smallest absolute Gasteiger partial charge is 0.163 e. The van der Waals surface area contributed by atoms with Crippen LogP contribution in [0.2, 0.25) is 0 Å². The summed E-state index contributed by atoms with van der Waals surface area (Å²) < 4.78 is 15.1. The third-order valence-corrected chi connectivity index (χ3v) is 4.59. The van der Waals surface area contributed by atoms with Crippen LogP contribution in [0, 0.1) is 5.82 Å². The molecule has 0 amide bonds. The molecule has 128 valence electrons. The number of aromatic nitrogens is 3. The lowest BCUT2D eigenvalue weighted by Crippen LogP contribution is -2.41. The van der Waals surface area contributed by atoms with Crippen LogP contribution in [0.5, 0.6) is 0 Å². The lowest BCUT2D eigenvalue weighted by molar-refractivity contribution is 0.273. The summed E-state index contributed by atoms with van der Waals surface area (Å²) in [7, 11) is 3.77. The second-order valence-electron chi connectivity index (χ2n) is 6.29. The van der Waals surface area contributed by atoms with E-state index < -0.39 is 5.54 Å². The molecule has 7 heteroatoms. The highest BCUT2D eigenvalue weighted by Crippen LogP contribution is 2.41. The summed E-state index contributed by atoms with van der Waals surface area (Å²) in [5.74, 6) is 0.505. The monoisotopic (exact) mass is 338 g/mol. The van der Waals surface area contributed by atoms with E-state index in [9.17, 15) is 4.39 Å². The number of benzene rings is 1. The zero-order chi connectivity index (χ0) is 17.6. The molecule has 2 N–H and O–H groups in total. The summed E-state index contributed by atoms with van der Waals surface area (Å²) in [6, 6.07) is 8.52. The molecule has 2 aromatic heterocycles. The second kappa shape index (κ2) is 5.56. The number of halogens is 1. The Hall–Kier alpha value is -2.93. The van der Waals surface area contributed by atoms with Gasteiger partial charge in [0.1, 0.15) is 11.6 Å². The van der Waals surface area contributed by atoms with E-state index in [0.717, 1.165) is 28.2 Å². The summed E-state index contributed by atoms with van der Waals surface area (Å²) in [5.41, 5.74) is 6.70. The van der Waals surface area contributed by atoms with Crippen molar-refractivity contribution in [3.63, 3.8) is 0 Å². The molecule has 1 aliphatic rings.